The summed E-state index contributed by atoms with van der Waals surface area (Å²) < 4.78 is 35.0. The van der Waals surface area contributed by atoms with E-state index in [0.717, 1.165) is 21.4 Å². The molecule has 5 rings (SSSR count). The molecule has 2 aromatic heterocycles. The number of nitrogens with one attached hydrogen (secondary N) is 1. The van der Waals surface area contributed by atoms with E-state index >= 15 is 0 Å². The summed E-state index contributed by atoms with van der Waals surface area (Å²) in [5.74, 6) is 0. The molecule has 1 N–H and O–H groups in total. The van der Waals surface area contributed by atoms with Crippen LogP contribution in [0.1, 0.15) is 26.3 Å². The maximum Gasteiger partial charge on any atom is 0.407 e. The Bertz CT molecular complexity index is 1660. The highest BCUT2D eigenvalue weighted by Gasteiger charge is 2.22. The minimum Gasteiger partial charge on any atom is -0.444 e. The number of nitrogens with zero attached hydrogens (tertiary/aromatic N) is 1. The van der Waals surface area contributed by atoms with Crippen molar-refractivity contribution in [3.63, 3.8) is 0 Å². The van der Waals surface area contributed by atoms with Crippen molar-refractivity contribution in [1.29, 1.82) is 0 Å². The zero-order valence-corrected chi connectivity index (χ0v) is 22.5. The van der Waals surface area contributed by atoms with Crippen LogP contribution in [-0.4, -0.2) is 30.6 Å². The number of fused-ring (bicyclic) bond motifs is 2. The lowest BCUT2D eigenvalue weighted by Crippen LogP contribution is -2.33. The standard InChI is InChI=1S/C29H28N2O4S2/c1-29(2,3)35-28(32)30-16-15-22-19-31(37(33,34)23-10-5-4-6-11-23)25-14-13-21(17-24(22)25)27-18-20-9-7-8-12-26(20)36-27/h4-14,17-19H,15-16H2,1-3H3,(H,30,32). The molecule has 5 aromatic rings. The summed E-state index contributed by atoms with van der Waals surface area (Å²) in [7, 11) is -3.80. The molecule has 0 bridgehead atoms. The summed E-state index contributed by atoms with van der Waals surface area (Å²) in [4.78, 5) is 13.5. The van der Waals surface area contributed by atoms with Gasteiger partial charge in [-0.1, -0.05) is 42.5 Å². The molecule has 0 aliphatic carbocycles. The molecule has 0 saturated carbocycles. The van der Waals surface area contributed by atoms with Crippen LogP contribution in [0.2, 0.25) is 0 Å². The smallest absolute Gasteiger partial charge is 0.407 e. The van der Waals surface area contributed by atoms with Crippen LogP contribution < -0.4 is 5.32 Å². The average molecular weight is 533 g/mol. The molecule has 0 unspecified atom stereocenters. The van der Waals surface area contributed by atoms with Crippen LogP contribution >= 0.6 is 11.3 Å². The third-order valence-corrected chi connectivity index (χ3v) is 8.78. The third-order valence-electron chi connectivity index (χ3n) is 5.93. The van der Waals surface area contributed by atoms with Crippen molar-refractivity contribution in [3.8, 4) is 10.4 Å². The number of hydrogen-bond donors (Lipinski definition) is 1. The summed E-state index contributed by atoms with van der Waals surface area (Å²) in [5, 5.41) is 4.79. The van der Waals surface area contributed by atoms with E-state index in [1.807, 2.05) is 51.1 Å². The van der Waals surface area contributed by atoms with Crippen LogP contribution in [0, 0.1) is 0 Å². The number of aromatic nitrogens is 1. The quantitative estimate of drug-likeness (QED) is 0.260. The molecule has 0 fully saturated rings. The first-order valence-electron chi connectivity index (χ1n) is 12.0. The Morgan fingerprint density at radius 3 is 2.43 bits per heavy atom. The van der Waals surface area contributed by atoms with Gasteiger partial charge in [0.2, 0.25) is 0 Å². The molecular formula is C29H28N2O4S2. The molecule has 6 nitrogen and oxygen atoms in total. The van der Waals surface area contributed by atoms with Crippen LogP contribution in [0.3, 0.4) is 0 Å². The number of carbonyl (C=O) groups excluding carboxylic acids is 1. The Morgan fingerprint density at radius 2 is 1.70 bits per heavy atom. The molecule has 0 saturated heterocycles. The number of carbonyl (C=O) groups is 1. The predicted octanol–water partition coefficient (Wildman–Crippen LogP) is 6.83. The van der Waals surface area contributed by atoms with Crippen LogP contribution in [0.15, 0.2) is 90.0 Å². The number of rotatable bonds is 6. The Morgan fingerprint density at radius 1 is 0.973 bits per heavy atom. The van der Waals surface area contributed by atoms with Gasteiger partial charge in [0.05, 0.1) is 10.4 Å². The number of alkyl carbamates (subject to hydrolysis) is 1. The second-order valence-corrected chi connectivity index (χ2v) is 12.7. The molecule has 1 amide bonds. The molecular weight excluding hydrogens is 504 g/mol. The fourth-order valence-electron chi connectivity index (χ4n) is 4.26. The minimum atomic E-state index is -3.80. The Labute approximate surface area is 220 Å². The number of ether oxygens (including phenoxy) is 1. The molecule has 37 heavy (non-hydrogen) atoms. The van der Waals surface area contributed by atoms with E-state index < -0.39 is 21.7 Å². The predicted molar refractivity (Wildman–Crippen MR) is 150 cm³/mol. The van der Waals surface area contributed by atoms with Gasteiger partial charge in [0.25, 0.3) is 10.0 Å². The van der Waals surface area contributed by atoms with Crippen molar-refractivity contribution < 1.29 is 17.9 Å². The normalized spacial score (nSPS) is 12.2. The summed E-state index contributed by atoms with van der Waals surface area (Å²) in [5.41, 5.74) is 1.85. The van der Waals surface area contributed by atoms with E-state index in [1.165, 1.54) is 14.1 Å². The molecule has 2 heterocycles. The highest BCUT2D eigenvalue weighted by molar-refractivity contribution is 7.90. The van der Waals surface area contributed by atoms with Gasteiger partial charge >= 0.3 is 6.09 Å². The van der Waals surface area contributed by atoms with Crippen molar-refractivity contribution in [1.82, 2.24) is 9.29 Å². The Balaban J connectivity index is 1.55. The molecule has 0 aliphatic heterocycles. The highest BCUT2D eigenvalue weighted by Crippen LogP contribution is 2.36. The lowest BCUT2D eigenvalue weighted by molar-refractivity contribution is 0.0528. The second kappa shape index (κ2) is 9.68. The molecule has 0 atom stereocenters. The van der Waals surface area contributed by atoms with Gasteiger partial charge in [-0.25, -0.2) is 17.2 Å². The summed E-state index contributed by atoms with van der Waals surface area (Å²) in [6, 6.07) is 24.7. The largest absolute Gasteiger partial charge is 0.444 e. The van der Waals surface area contributed by atoms with E-state index in [-0.39, 0.29) is 4.90 Å². The van der Waals surface area contributed by atoms with Crippen LogP contribution in [0.25, 0.3) is 31.4 Å². The van der Waals surface area contributed by atoms with Crippen LogP contribution in [-0.2, 0) is 21.2 Å². The van der Waals surface area contributed by atoms with Gasteiger partial charge < -0.3 is 10.1 Å². The van der Waals surface area contributed by atoms with E-state index in [4.69, 9.17) is 4.74 Å². The zero-order chi connectivity index (χ0) is 26.2. The Kier molecular flexibility index (Phi) is 6.56. The van der Waals surface area contributed by atoms with Crippen molar-refractivity contribution in [2.24, 2.45) is 0 Å². The minimum absolute atomic E-state index is 0.221. The van der Waals surface area contributed by atoms with E-state index in [0.29, 0.717) is 18.5 Å². The summed E-state index contributed by atoms with van der Waals surface area (Å²) in [6.45, 7) is 5.74. The maximum atomic E-state index is 13.5. The van der Waals surface area contributed by atoms with Crippen LogP contribution in [0.5, 0.6) is 0 Å². The number of thiophene rings is 1. The van der Waals surface area contributed by atoms with Crippen molar-refractivity contribution in [3.05, 3.63) is 90.6 Å². The third kappa shape index (κ3) is 5.26. The van der Waals surface area contributed by atoms with Gasteiger partial charge in [-0.15, -0.1) is 11.3 Å². The fraction of sp³-hybridized carbons (Fsp3) is 0.207. The molecule has 3 aromatic carbocycles. The second-order valence-electron chi connectivity index (χ2n) is 9.83. The average Bonchev–Trinajstić information content (AvgIpc) is 3.45. The molecule has 8 heteroatoms. The van der Waals surface area contributed by atoms with Gasteiger partial charge in [0, 0.05) is 27.7 Å². The molecule has 190 valence electrons. The first kappa shape index (κ1) is 25.0. The zero-order valence-electron chi connectivity index (χ0n) is 20.9. The van der Waals surface area contributed by atoms with Crippen molar-refractivity contribution in [2.45, 2.75) is 37.7 Å². The molecule has 0 spiro atoms. The summed E-state index contributed by atoms with van der Waals surface area (Å²) >= 11 is 1.70. The summed E-state index contributed by atoms with van der Waals surface area (Å²) in [6.07, 6.45) is 1.61. The Hall–Kier alpha value is -3.62. The molecule has 0 radical (unpaired) electrons. The van der Waals surface area contributed by atoms with Gasteiger partial charge in [-0.05, 0) is 80.1 Å². The molecule has 0 aliphatic rings. The van der Waals surface area contributed by atoms with Crippen LogP contribution in [0.4, 0.5) is 4.79 Å². The van der Waals surface area contributed by atoms with E-state index in [2.05, 4.69) is 23.5 Å². The van der Waals surface area contributed by atoms with E-state index in [9.17, 15) is 13.2 Å². The monoisotopic (exact) mass is 532 g/mol. The van der Waals surface area contributed by atoms with Crippen molar-refractivity contribution in [2.75, 3.05) is 6.54 Å². The number of benzene rings is 3. The first-order valence-corrected chi connectivity index (χ1v) is 14.3. The highest BCUT2D eigenvalue weighted by atomic mass is 32.2. The van der Waals surface area contributed by atoms with Gasteiger partial charge in [-0.3, -0.25) is 0 Å². The SMILES string of the molecule is CC(C)(C)OC(=O)NCCc1cn(S(=O)(=O)c2ccccc2)c2ccc(-c3cc4ccccc4s3)cc12. The van der Waals surface area contributed by atoms with Crippen molar-refractivity contribution >= 4 is 48.4 Å². The fourth-order valence-corrected chi connectivity index (χ4v) is 6.73. The number of hydrogen-bond acceptors (Lipinski definition) is 5. The van der Waals surface area contributed by atoms with Gasteiger partial charge in [0.1, 0.15) is 5.60 Å². The van der Waals surface area contributed by atoms with E-state index in [1.54, 1.807) is 47.9 Å². The first-order chi connectivity index (χ1) is 17.6. The van der Waals surface area contributed by atoms with Gasteiger partial charge in [0.15, 0.2) is 0 Å². The van der Waals surface area contributed by atoms with Gasteiger partial charge in [-0.2, -0.15) is 0 Å². The lowest BCUT2D eigenvalue weighted by atomic mass is 10.1. The topological polar surface area (TPSA) is 77.4 Å². The number of amides is 1. The maximum absolute atomic E-state index is 13.5. The lowest BCUT2D eigenvalue weighted by Gasteiger charge is -2.19.